The highest BCUT2D eigenvalue weighted by Gasteiger charge is 2.41. The van der Waals surface area contributed by atoms with E-state index in [1.54, 1.807) is 0 Å². The van der Waals surface area contributed by atoms with Gasteiger partial charge in [0.2, 0.25) is 0 Å². The lowest BCUT2D eigenvalue weighted by atomic mass is 10.0. The van der Waals surface area contributed by atoms with Gasteiger partial charge in [0, 0.05) is 65.8 Å². The van der Waals surface area contributed by atoms with Crippen molar-refractivity contribution in [3.05, 3.63) is 424 Å². The Kier molecular flexibility index (Phi) is 15.9. The Morgan fingerprint density at radius 3 is 0.771 bits per heavy atom. The molecule has 0 atom stereocenters. The highest BCUT2D eigenvalue weighted by atomic mass is 28.3. The molecule has 109 heavy (non-hydrogen) atoms. The van der Waals surface area contributed by atoms with E-state index >= 15 is 0 Å². The minimum Gasteiger partial charge on any atom is -0.309 e. The van der Waals surface area contributed by atoms with Crippen LogP contribution in [0.1, 0.15) is 5.56 Å². The van der Waals surface area contributed by atoms with Crippen LogP contribution in [0.3, 0.4) is 0 Å². The largest absolute Gasteiger partial charge is 0.309 e. The summed E-state index contributed by atoms with van der Waals surface area (Å²) in [5.41, 5.74) is 24.1. The summed E-state index contributed by atoms with van der Waals surface area (Å²) in [7, 11) is -2.69. The molecule has 0 saturated carbocycles. The second-order valence-electron chi connectivity index (χ2n) is 28.2. The van der Waals surface area contributed by atoms with Crippen molar-refractivity contribution in [1.29, 1.82) is 5.26 Å². The van der Waals surface area contributed by atoms with Gasteiger partial charge in [-0.25, -0.2) is 0 Å². The molecule has 0 aliphatic rings. The lowest BCUT2D eigenvalue weighted by molar-refractivity contribution is 1.18. The summed E-state index contributed by atoms with van der Waals surface area (Å²) in [6, 6.07) is 154. The van der Waals surface area contributed by atoms with Crippen LogP contribution in [-0.2, 0) is 0 Å². The summed E-state index contributed by atoms with van der Waals surface area (Å²) < 4.78 is 9.53. The first-order chi connectivity index (χ1) is 54.0. The number of benzene rings is 17. The summed E-state index contributed by atoms with van der Waals surface area (Å²) in [6.45, 7) is 0. The molecule has 0 unspecified atom stereocenters. The molecule has 0 spiro atoms. The van der Waals surface area contributed by atoms with Crippen molar-refractivity contribution >= 4 is 116 Å². The molecule has 0 saturated heterocycles. The van der Waals surface area contributed by atoms with E-state index in [4.69, 9.17) is 0 Å². The minimum atomic E-state index is -2.69. The zero-order valence-electron chi connectivity index (χ0n) is 59.6. The van der Waals surface area contributed by atoms with Gasteiger partial charge in [-0.2, -0.15) is 5.26 Å². The van der Waals surface area contributed by atoms with Gasteiger partial charge in [-0.15, -0.1) is 0 Å². The molecule has 0 N–H and O–H groups in total. The maximum Gasteiger partial charge on any atom is 0.179 e. The third-order valence-electron chi connectivity index (χ3n) is 22.2. The fourth-order valence-electron chi connectivity index (χ4n) is 17.3. The second-order valence-corrected chi connectivity index (χ2v) is 32.0. The van der Waals surface area contributed by atoms with Crippen LogP contribution in [0.2, 0.25) is 0 Å². The van der Waals surface area contributed by atoms with Gasteiger partial charge in [0.05, 0.1) is 55.8 Å². The third-order valence-corrected chi connectivity index (χ3v) is 26.9. The van der Waals surface area contributed by atoms with Gasteiger partial charge < -0.3 is 18.3 Å². The molecule has 0 aliphatic heterocycles. The maximum atomic E-state index is 9.45. The molecule has 510 valence electrons. The summed E-state index contributed by atoms with van der Waals surface area (Å²) in [4.78, 5) is 0. The van der Waals surface area contributed by atoms with Gasteiger partial charge in [-0.05, 0) is 199 Å². The van der Waals surface area contributed by atoms with Crippen LogP contribution >= 0.6 is 0 Å². The van der Waals surface area contributed by atoms with Crippen molar-refractivity contribution < 1.29 is 0 Å². The molecule has 5 nitrogen and oxygen atoms in total. The SMILES string of the molecule is N#Cc1cccc(-c2cccc(-n3c4ccccc4c4cc(-c5ccc6c(c5)c5ccccc5n6-c5ccccc5)ccc43)c2)c1.c1ccc(-n2c3ccccc3c3cc(-c4ccc5c(c4)c4ccccc4n5-c4cccc(-c5cccc([Si](c6ccccc6)(c6ccccc6)c6ccccc6)c5)c4)ccc32)cc1. The molecule has 21 aromatic rings. The summed E-state index contributed by atoms with van der Waals surface area (Å²) >= 11 is 0. The Balaban J connectivity index is 0.000000150. The zero-order chi connectivity index (χ0) is 72.4. The van der Waals surface area contributed by atoms with Crippen molar-refractivity contribution in [1.82, 2.24) is 18.3 Å². The highest BCUT2D eigenvalue weighted by Crippen LogP contribution is 2.42. The van der Waals surface area contributed by atoms with Crippen LogP contribution in [0, 0.1) is 11.3 Å². The van der Waals surface area contributed by atoms with E-state index in [0.29, 0.717) is 5.56 Å². The van der Waals surface area contributed by atoms with Gasteiger partial charge in [0.25, 0.3) is 0 Å². The molecular weight excluding hydrogens is 1340 g/mol. The van der Waals surface area contributed by atoms with Crippen molar-refractivity contribution in [2.24, 2.45) is 0 Å². The average Bonchev–Trinajstić information content (AvgIpc) is 0.884. The standard InChI is InChI=1S/C60H42N2Si.C43H27N3/c1-5-21-47(22-6-1)61-57-33-15-13-31-53(57)55-41-45(35-37-59(55)61)46-36-38-60-56(42-46)54-32-14-16-34-58(54)62(60)48-23-17-19-43(39-48)44-20-18-30-52(40-44)63(49-24-7-2-8-25-49,50-26-9-3-10-27-50)51-28-11-4-12-29-51;44-28-29-10-8-11-30(24-29)31-12-9-15-35(25-31)46-41-19-7-5-17-37(41)39-27-33(21-23-43(39)46)32-20-22-42-38(26-32)36-16-4-6-18-40(36)45(42)34-13-2-1-3-14-34/h1-42H;1-27H. The highest BCUT2D eigenvalue weighted by molar-refractivity contribution is 7.20. The van der Waals surface area contributed by atoms with Crippen LogP contribution in [-0.4, -0.2) is 26.3 Å². The Labute approximate surface area is 632 Å². The van der Waals surface area contributed by atoms with E-state index in [1.165, 1.54) is 142 Å². The van der Waals surface area contributed by atoms with Gasteiger partial charge in [-0.1, -0.05) is 285 Å². The van der Waals surface area contributed by atoms with Crippen LogP contribution in [0.25, 0.3) is 154 Å². The van der Waals surface area contributed by atoms with E-state index in [0.717, 1.165) is 33.7 Å². The molecule has 4 aromatic heterocycles. The lowest BCUT2D eigenvalue weighted by Crippen LogP contribution is -2.74. The van der Waals surface area contributed by atoms with Crippen LogP contribution in [0.15, 0.2) is 419 Å². The summed E-state index contributed by atoms with van der Waals surface area (Å²) in [5, 5.41) is 24.9. The number of fused-ring (bicyclic) bond motifs is 12. The molecule has 0 fully saturated rings. The summed E-state index contributed by atoms with van der Waals surface area (Å²) in [6.07, 6.45) is 0. The first-order valence-electron chi connectivity index (χ1n) is 37.3. The van der Waals surface area contributed by atoms with Gasteiger partial charge in [0.1, 0.15) is 0 Å². The fraction of sp³-hybridized carbons (Fsp3) is 0. The molecule has 17 aromatic carbocycles. The van der Waals surface area contributed by atoms with Crippen LogP contribution in [0.5, 0.6) is 0 Å². The van der Waals surface area contributed by atoms with E-state index in [2.05, 4.69) is 425 Å². The summed E-state index contributed by atoms with van der Waals surface area (Å²) in [5.74, 6) is 0. The normalized spacial score (nSPS) is 11.7. The number of rotatable bonds is 12. The first-order valence-corrected chi connectivity index (χ1v) is 39.3. The Hall–Kier alpha value is -14.4. The topological polar surface area (TPSA) is 43.5 Å². The maximum absolute atomic E-state index is 9.45. The quantitative estimate of drug-likeness (QED) is 0.0888. The predicted molar refractivity (Wildman–Crippen MR) is 460 cm³/mol. The lowest BCUT2D eigenvalue weighted by Gasteiger charge is -2.34. The van der Waals surface area contributed by atoms with Crippen LogP contribution < -0.4 is 20.7 Å². The van der Waals surface area contributed by atoms with Crippen molar-refractivity contribution in [2.45, 2.75) is 0 Å². The smallest absolute Gasteiger partial charge is 0.179 e. The third kappa shape index (κ3) is 11.0. The van der Waals surface area contributed by atoms with E-state index in [9.17, 15) is 5.26 Å². The monoisotopic (exact) mass is 1400 g/mol. The molecule has 0 amide bonds. The van der Waals surface area contributed by atoms with Gasteiger partial charge in [0.15, 0.2) is 8.07 Å². The molecular formula is C103H69N5Si. The molecule has 4 heterocycles. The molecule has 0 aliphatic carbocycles. The number of para-hydroxylation sites is 6. The number of aromatic nitrogens is 4. The van der Waals surface area contributed by atoms with Crippen molar-refractivity contribution in [3.63, 3.8) is 0 Å². The first kappa shape index (κ1) is 64.3. The second kappa shape index (κ2) is 27.0. The average molecular weight is 1400 g/mol. The number of nitriles is 1. The molecule has 0 radical (unpaired) electrons. The van der Waals surface area contributed by atoms with E-state index in [1.807, 2.05) is 18.2 Å². The van der Waals surface area contributed by atoms with E-state index in [-0.39, 0.29) is 0 Å². The number of nitrogens with zero attached hydrogens (tertiary/aromatic N) is 5. The molecule has 6 heteroatoms. The van der Waals surface area contributed by atoms with Crippen molar-refractivity contribution in [3.8, 4) is 73.3 Å². The van der Waals surface area contributed by atoms with Gasteiger partial charge >= 0.3 is 0 Å². The van der Waals surface area contributed by atoms with Crippen molar-refractivity contribution in [2.75, 3.05) is 0 Å². The fourth-order valence-corrected chi connectivity index (χ4v) is 22.1. The Morgan fingerprint density at radius 1 is 0.174 bits per heavy atom. The Bertz CT molecular complexity index is 7010. The van der Waals surface area contributed by atoms with Crippen LogP contribution in [0.4, 0.5) is 0 Å². The molecule has 21 rings (SSSR count). The minimum absolute atomic E-state index is 0.662. The zero-order valence-corrected chi connectivity index (χ0v) is 60.6. The Morgan fingerprint density at radius 2 is 0.422 bits per heavy atom. The van der Waals surface area contributed by atoms with E-state index < -0.39 is 8.07 Å². The van der Waals surface area contributed by atoms with Gasteiger partial charge in [-0.3, -0.25) is 0 Å². The predicted octanol–water partition coefficient (Wildman–Crippen LogP) is 23.7. The number of hydrogen-bond donors (Lipinski definition) is 0. The number of hydrogen-bond acceptors (Lipinski definition) is 1. The molecule has 0 bridgehead atoms.